The molecule has 0 bridgehead atoms. The molecule has 0 spiro atoms. The first-order chi connectivity index (χ1) is 32.4. The summed E-state index contributed by atoms with van der Waals surface area (Å²) in [5.74, 6) is -0.426. The largest absolute Gasteiger partial charge is 0.466 e. The van der Waals surface area contributed by atoms with Crippen LogP contribution in [0.25, 0.3) is 0 Å². The number of nitrogens with zero attached hydrogens (tertiary/aromatic N) is 7. The quantitative estimate of drug-likeness (QED) is 0.213. The number of likely N-dealkylation sites (tertiary alicyclic amines) is 3. The Kier molecular flexibility index (Phi) is 21.3. The summed E-state index contributed by atoms with van der Waals surface area (Å²) in [6.07, 6.45) is 2.65. The van der Waals surface area contributed by atoms with Gasteiger partial charge in [0, 0.05) is 32.7 Å². The summed E-state index contributed by atoms with van der Waals surface area (Å²) in [5, 5.41) is 10.2. The summed E-state index contributed by atoms with van der Waals surface area (Å²) >= 11 is 0. The monoisotopic (exact) mass is 1000 g/mol. The fourth-order valence-corrected chi connectivity index (χ4v) is 7.52. The van der Waals surface area contributed by atoms with Crippen molar-refractivity contribution in [2.45, 2.75) is 175 Å². The summed E-state index contributed by atoms with van der Waals surface area (Å²) in [5.41, 5.74) is -7.12. The van der Waals surface area contributed by atoms with Gasteiger partial charge in [0.25, 0.3) is 11.8 Å². The second kappa shape index (κ2) is 25.2. The zero-order chi connectivity index (χ0) is 52.7. The lowest BCUT2D eigenvalue weighted by Crippen LogP contribution is -2.53. The summed E-state index contributed by atoms with van der Waals surface area (Å²) in [6, 6.07) is 0. The first-order valence-corrected chi connectivity index (χ1v) is 24.1. The van der Waals surface area contributed by atoms with Gasteiger partial charge in [0.1, 0.15) is 16.8 Å². The van der Waals surface area contributed by atoms with Crippen molar-refractivity contribution in [1.29, 1.82) is 0 Å². The van der Waals surface area contributed by atoms with E-state index in [9.17, 15) is 37.1 Å². The van der Waals surface area contributed by atoms with E-state index in [0.717, 1.165) is 25.8 Å². The van der Waals surface area contributed by atoms with E-state index in [4.69, 9.17) is 32.7 Å². The van der Waals surface area contributed by atoms with Crippen molar-refractivity contribution in [1.82, 2.24) is 40.3 Å². The highest BCUT2D eigenvalue weighted by Crippen LogP contribution is 2.35. The van der Waals surface area contributed by atoms with Crippen molar-refractivity contribution in [3.63, 3.8) is 0 Å². The molecule has 20 nitrogen and oxygen atoms in total. The van der Waals surface area contributed by atoms with Gasteiger partial charge in [-0.3, -0.25) is 4.79 Å². The van der Waals surface area contributed by atoms with E-state index >= 15 is 0 Å². The summed E-state index contributed by atoms with van der Waals surface area (Å²) in [7, 11) is 0. The number of rotatable bonds is 6. The number of ether oxygens (including phenoxy) is 5. The Hall–Kier alpha value is -5.22. The molecule has 4 saturated heterocycles. The number of halogens is 3. The molecule has 0 aromatic carbocycles. The average molecular weight is 1000 g/mol. The van der Waals surface area contributed by atoms with Crippen LogP contribution in [0.1, 0.15) is 151 Å². The molecular formula is C47H77F3N8O12. The van der Waals surface area contributed by atoms with Crippen LogP contribution in [0, 0.1) is 19.8 Å². The van der Waals surface area contributed by atoms with Crippen molar-refractivity contribution in [2.24, 2.45) is 5.92 Å². The van der Waals surface area contributed by atoms with E-state index in [-0.39, 0.29) is 68.8 Å². The molecule has 0 aliphatic carbocycles. The number of esters is 2. The number of piperidine rings is 4. The van der Waals surface area contributed by atoms with Crippen molar-refractivity contribution in [2.75, 3.05) is 65.6 Å². The second-order valence-electron chi connectivity index (χ2n) is 20.7. The molecule has 6 rings (SSSR count). The number of carbonyl (C=O) groups excluding carboxylic acids is 5. The third-order valence-corrected chi connectivity index (χ3v) is 10.7. The molecule has 4 fully saturated rings. The Morgan fingerprint density at radius 2 is 1.10 bits per heavy atom. The molecule has 70 heavy (non-hydrogen) atoms. The number of aryl methyl sites for hydroxylation is 2. The van der Waals surface area contributed by atoms with E-state index in [0.29, 0.717) is 63.7 Å². The maximum absolute atomic E-state index is 14.9. The minimum Gasteiger partial charge on any atom is -0.466 e. The predicted molar refractivity (Wildman–Crippen MR) is 247 cm³/mol. The third-order valence-electron chi connectivity index (χ3n) is 10.7. The number of nitrogens with one attached hydrogen (secondary N) is 1. The van der Waals surface area contributed by atoms with Gasteiger partial charge >= 0.3 is 30.2 Å². The first kappa shape index (κ1) is 59.1. The molecule has 2 aromatic rings. The minimum absolute atomic E-state index is 0.0664. The van der Waals surface area contributed by atoms with Crippen molar-refractivity contribution in [3.8, 4) is 0 Å². The topological polar surface area (TPSA) is 231 Å². The van der Waals surface area contributed by atoms with Crippen LogP contribution < -0.4 is 5.32 Å². The number of hydrogen-bond donors (Lipinski definition) is 1. The van der Waals surface area contributed by atoms with Crippen LogP contribution in [0.3, 0.4) is 0 Å². The fraction of sp³-hybridized carbons (Fsp3) is 0.809. The van der Waals surface area contributed by atoms with Gasteiger partial charge < -0.3 is 52.7 Å². The molecule has 0 radical (unpaired) electrons. The number of alkyl halides is 3. The zero-order valence-corrected chi connectivity index (χ0v) is 43.5. The van der Waals surface area contributed by atoms with Crippen LogP contribution in [0.15, 0.2) is 9.05 Å². The number of aromatic nitrogens is 4. The van der Waals surface area contributed by atoms with Crippen LogP contribution in [0.4, 0.5) is 27.6 Å². The van der Waals surface area contributed by atoms with E-state index in [1.807, 2.05) is 20.8 Å². The van der Waals surface area contributed by atoms with Crippen LogP contribution in [-0.4, -0.2) is 153 Å². The molecule has 0 saturated carbocycles. The van der Waals surface area contributed by atoms with Gasteiger partial charge in [-0.15, -0.1) is 0 Å². The van der Waals surface area contributed by atoms with Gasteiger partial charge in [-0.05, 0) is 148 Å². The van der Waals surface area contributed by atoms with Crippen molar-refractivity contribution in [3.05, 3.63) is 23.4 Å². The van der Waals surface area contributed by atoms with Crippen LogP contribution >= 0.6 is 0 Å². The van der Waals surface area contributed by atoms with Crippen LogP contribution in [0.5, 0.6) is 0 Å². The summed E-state index contributed by atoms with van der Waals surface area (Å²) in [6.45, 7) is 25.9. The summed E-state index contributed by atoms with van der Waals surface area (Å²) in [4.78, 5) is 71.0. The van der Waals surface area contributed by atoms with Crippen molar-refractivity contribution < 1.29 is 69.9 Å². The highest BCUT2D eigenvalue weighted by atomic mass is 19.2. The molecule has 1 N–H and O–H groups in total. The maximum atomic E-state index is 14.9. The number of hydrogen-bond acceptors (Lipinski definition) is 17. The molecule has 4 aliphatic rings. The van der Waals surface area contributed by atoms with Gasteiger partial charge in [0.05, 0.1) is 32.2 Å². The standard InChI is InChI=1S/C13H20FN3O3.C13H22FNO4.C13H23NO4.C8H12FN3O/c1-9-15-10(20-16-9)13(14)6-5-7-17(8-13)11(18)19-12(2,3)4;1-5-18-10(16)13(14)7-6-8-15(9-13)11(17)19-12(2,3)4;1-5-17-11(15)10-7-6-8-14(9-10)12(16)18-13(2,3)4;1-6-11-7(13-12-6)8(9)3-2-4-10-5-8/h5-8H2,1-4H3;5-9H2,1-4H3;10H,5-9H2,1-4H3;10H,2-5H2,1H3. The number of carbonyl (C=O) groups is 5. The lowest BCUT2D eigenvalue weighted by Gasteiger charge is -2.36. The zero-order valence-electron chi connectivity index (χ0n) is 43.5. The average Bonchev–Trinajstić information content (AvgIpc) is 3.92. The van der Waals surface area contributed by atoms with Gasteiger partial charge in [-0.2, -0.15) is 9.97 Å². The molecule has 3 amide bonds. The van der Waals surface area contributed by atoms with Gasteiger partial charge in [0.2, 0.25) is 17.0 Å². The van der Waals surface area contributed by atoms with Crippen LogP contribution in [-0.2, 0) is 44.6 Å². The molecule has 6 heterocycles. The Labute approximate surface area is 409 Å². The highest BCUT2D eigenvalue weighted by Gasteiger charge is 2.47. The Morgan fingerprint density at radius 3 is 1.56 bits per heavy atom. The van der Waals surface area contributed by atoms with Gasteiger partial charge in [0.15, 0.2) is 11.6 Å². The van der Waals surface area contributed by atoms with Gasteiger partial charge in [-0.25, -0.2) is 32.3 Å². The molecule has 398 valence electrons. The molecule has 23 heteroatoms. The van der Waals surface area contributed by atoms with Crippen molar-refractivity contribution >= 4 is 30.2 Å². The maximum Gasteiger partial charge on any atom is 0.410 e. The summed E-state index contributed by atoms with van der Waals surface area (Å²) < 4.78 is 78.7. The molecule has 2 aromatic heterocycles. The third kappa shape index (κ3) is 19.2. The molecule has 4 aliphatic heterocycles. The van der Waals surface area contributed by atoms with Gasteiger partial charge in [-0.1, -0.05) is 10.3 Å². The van der Waals surface area contributed by atoms with E-state index < -0.39 is 52.0 Å². The van der Waals surface area contributed by atoms with E-state index in [2.05, 4.69) is 25.6 Å². The Balaban J connectivity index is 0.000000249. The molecular weight excluding hydrogens is 926 g/mol. The lowest BCUT2D eigenvalue weighted by atomic mass is 9.95. The number of amides is 3. The van der Waals surface area contributed by atoms with E-state index in [1.165, 1.54) is 9.80 Å². The normalized spacial score (nSPS) is 23.9. The smallest absolute Gasteiger partial charge is 0.410 e. The molecule has 4 unspecified atom stereocenters. The predicted octanol–water partition coefficient (Wildman–Crippen LogP) is 7.99. The highest BCUT2D eigenvalue weighted by molar-refractivity contribution is 5.81. The SMILES string of the molecule is CCOC(=O)C1(F)CCCN(C(=O)OC(C)(C)C)C1.CCOC(=O)C1CCCN(C(=O)OC(C)(C)C)C1.Cc1noc(C2(F)CCCN(C(=O)OC(C)(C)C)C2)n1.Cc1noc(C2(F)CCCNC2)n1. The lowest BCUT2D eigenvalue weighted by molar-refractivity contribution is -0.161. The van der Waals surface area contributed by atoms with E-state index in [1.54, 1.807) is 74.1 Å². The fourth-order valence-electron chi connectivity index (χ4n) is 7.52. The van der Waals surface area contributed by atoms with Crippen LogP contribution in [0.2, 0.25) is 0 Å². The first-order valence-electron chi connectivity index (χ1n) is 24.1. The molecule has 4 atom stereocenters. The Bertz CT molecular complexity index is 2010. The Morgan fingerprint density at radius 1 is 0.643 bits per heavy atom. The minimum atomic E-state index is -2.12. The second-order valence-corrected chi connectivity index (χ2v) is 20.7.